The molecule has 1 aliphatic heterocycles. The number of carbonyl (C=O) groups excluding carboxylic acids is 1. The van der Waals surface area contributed by atoms with E-state index in [1.807, 2.05) is 24.1 Å². The second-order valence-electron chi connectivity index (χ2n) is 6.83. The summed E-state index contributed by atoms with van der Waals surface area (Å²) >= 11 is 1.66. The largest absolute Gasteiger partial charge is 0.349 e. The molecule has 0 saturated carbocycles. The summed E-state index contributed by atoms with van der Waals surface area (Å²) in [6.45, 7) is 4.71. The lowest BCUT2D eigenvalue weighted by Gasteiger charge is -2.23. The van der Waals surface area contributed by atoms with Gasteiger partial charge in [-0.3, -0.25) is 4.79 Å². The summed E-state index contributed by atoms with van der Waals surface area (Å²) in [5.41, 5.74) is 3.10. The first kappa shape index (κ1) is 18.5. The summed E-state index contributed by atoms with van der Waals surface area (Å²) in [7, 11) is 0. The van der Waals surface area contributed by atoms with Gasteiger partial charge >= 0.3 is 0 Å². The molecule has 0 aromatic carbocycles. The Morgan fingerprint density at radius 1 is 1.25 bits per heavy atom. The summed E-state index contributed by atoms with van der Waals surface area (Å²) in [5, 5.41) is 3.15. The number of rotatable bonds is 5. The molecule has 0 spiro atoms. The summed E-state index contributed by atoms with van der Waals surface area (Å²) in [6.07, 6.45) is 7.94. The molecule has 3 aromatic rings. The predicted molar refractivity (Wildman–Crippen MR) is 108 cm³/mol. The third kappa shape index (κ3) is 4.33. The van der Waals surface area contributed by atoms with Crippen LogP contribution < -0.4 is 4.90 Å². The maximum atomic E-state index is 12.8. The van der Waals surface area contributed by atoms with Crippen molar-refractivity contribution < 1.29 is 4.79 Å². The van der Waals surface area contributed by atoms with Crippen molar-refractivity contribution in [3.63, 3.8) is 0 Å². The van der Waals surface area contributed by atoms with Gasteiger partial charge in [0.2, 0.25) is 5.91 Å². The van der Waals surface area contributed by atoms with Gasteiger partial charge in [-0.05, 0) is 25.0 Å². The molecule has 8 heteroatoms. The Balaban J connectivity index is 1.47. The molecule has 1 aliphatic rings. The van der Waals surface area contributed by atoms with E-state index in [4.69, 9.17) is 0 Å². The number of anilines is 1. The van der Waals surface area contributed by atoms with Gasteiger partial charge in [0.25, 0.3) is 0 Å². The average molecular weight is 395 g/mol. The molecule has 0 radical (unpaired) electrons. The van der Waals surface area contributed by atoms with Crippen LogP contribution in [-0.2, 0) is 24.3 Å². The lowest BCUT2D eigenvalue weighted by molar-refractivity contribution is -0.131. The maximum absolute atomic E-state index is 12.8. The van der Waals surface area contributed by atoms with Gasteiger partial charge < -0.3 is 9.80 Å². The quantitative estimate of drug-likeness (QED) is 0.662. The van der Waals surface area contributed by atoms with E-state index < -0.39 is 0 Å². The third-order valence-electron chi connectivity index (χ3n) is 4.78. The van der Waals surface area contributed by atoms with Crippen LogP contribution in [0.4, 0.5) is 5.82 Å². The van der Waals surface area contributed by atoms with Crippen LogP contribution >= 0.6 is 11.3 Å². The van der Waals surface area contributed by atoms with Crippen molar-refractivity contribution in [2.45, 2.75) is 32.9 Å². The van der Waals surface area contributed by atoms with Crippen LogP contribution in [0, 0.1) is 6.92 Å². The molecule has 0 N–H and O–H groups in total. The lowest BCUT2D eigenvalue weighted by Crippen LogP contribution is -2.35. The SMILES string of the molecule is Cc1nc(CN2CCN(C(=O)CCc3cncnc3)Cc3cccnc32)cs1. The number of carbonyl (C=O) groups is 1. The number of amides is 1. The van der Waals surface area contributed by atoms with Crippen LogP contribution in [0.5, 0.6) is 0 Å². The van der Waals surface area contributed by atoms with Crippen molar-refractivity contribution in [3.8, 4) is 0 Å². The van der Waals surface area contributed by atoms with Gasteiger partial charge in [0.05, 0.1) is 17.2 Å². The van der Waals surface area contributed by atoms with Crippen LogP contribution in [0.2, 0.25) is 0 Å². The molecule has 4 rings (SSSR count). The van der Waals surface area contributed by atoms with Crippen molar-refractivity contribution in [2.75, 3.05) is 18.0 Å². The molecule has 1 amide bonds. The van der Waals surface area contributed by atoms with Crippen molar-refractivity contribution in [1.29, 1.82) is 0 Å². The molecule has 0 saturated heterocycles. The van der Waals surface area contributed by atoms with E-state index in [2.05, 4.69) is 36.3 Å². The molecular formula is C20H22N6OS. The number of pyridine rings is 1. The summed E-state index contributed by atoms with van der Waals surface area (Å²) in [6, 6.07) is 3.98. The fraction of sp³-hybridized carbons (Fsp3) is 0.350. The normalized spacial score (nSPS) is 13.9. The zero-order chi connectivity index (χ0) is 19.3. The average Bonchev–Trinajstić information content (AvgIpc) is 3.04. The zero-order valence-corrected chi connectivity index (χ0v) is 16.6. The Bertz CT molecular complexity index is 945. The van der Waals surface area contributed by atoms with E-state index in [-0.39, 0.29) is 5.91 Å². The Morgan fingerprint density at radius 3 is 2.89 bits per heavy atom. The van der Waals surface area contributed by atoms with Crippen molar-refractivity contribution in [2.24, 2.45) is 0 Å². The number of fused-ring (bicyclic) bond motifs is 1. The van der Waals surface area contributed by atoms with Gasteiger partial charge in [-0.15, -0.1) is 11.3 Å². The number of aromatic nitrogens is 4. The molecule has 4 heterocycles. The number of hydrogen-bond acceptors (Lipinski definition) is 7. The predicted octanol–water partition coefficient (Wildman–Crippen LogP) is 2.62. The number of aryl methyl sites for hydroxylation is 2. The maximum Gasteiger partial charge on any atom is 0.223 e. The molecule has 0 atom stereocenters. The third-order valence-corrected chi connectivity index (χ3v) is 5.60. The summed E-state index contributed by atoms with van der Waals surface area (Å²) in [4.78, 5) is 34.2. The Kier molecular flexibility index (Phi) is 5.57. The molecule has 0 fully saturated rings. The number of thiazole rings is 1. The highest BCUT2D eigenvalue weighted by atomic mass is 32.1. The van der Waals surface area contributed by atoms with Crippen LogP contribution in [0.25, 0.3) is 0 Å². The van der Waals surface area contributed by atoms with E-state index in [0.29, 0.717) is 32.5 Å². The topological polar surface area (TPSA) is 75.1 Å². The van der Waals surface area contributed by atoms with Gasteiger partial charge in [-0.25, -0.2) is 19.9 Å². The molecule has 7 nitrogen and oxygen atoms in total. The zero-order valence-electron chi connectivity index (χ0n) is 15.8. The molecule has 28 heavy (non-hydrogen) atoms. The summed E-state index contributed by atoms with van der Waals surface area (Å²) < 4.78 is 0. The van der Waals surface area contributed by atoms with Crippen molar-refractivity contribution in [1.82, 2.24) is 24.8 Å². The first-order chi connectivity index (χ1) is 13.7. The van der Waals surface area contributed by atoms with E-state index in [0.717, 1.165) is 34.2 Å². The number of nitrogens with zero attached hydrogens (tertiary/aromatic N) is 6. The minimum atomic E-state index is 0.144. The minimum absolute atomic E-state index is 0.144. The van der Waals surface area contributed by atoms with Crippen molar-refractivity contribution >= 4 is 23.1 Å². The second-order valence-corrected chi connectivity index (χ2v) is 7.89. The number of hydrogen-bond donors (Lipinski definition) is 0. The highest BCUT2D eigenvalue weighted by Gasteiger charge is 2.24. The van der Waals surface area contributed by atoms with E-state index in [1.54, 1.807) is 23.7 Å². The first-order valence-electron chi connectivity index (χ1n) is 9.30. The van der Waals surface area contributed by atoms with Crippen LogP contribution in [0.15, 0.2) is 42.4 Å². The Labute approximate surface area is 168 Å². The van der Waals surface area contributed by atoms with Crippen LogP contribution in [0.1, 0.15) is 28.2 Å². The smallest absolute Gasteiger partial charge is 0.223 e. The highest BCUT2D eigenvalue weighted by Crippen LogP contribution is 2.25. The molecule has 0 bridgehead atoms. The lowest BCUT2D eigenvalue weighted by atomic mass is 10.1. The molecular weight excluding hydrogens is 372 g/mol. The Morgan fingerprint density at radius 2 is 2.11 bits per heavy atom. The molecule has 144 valence electrons. The highest BCUT2D eigenvalue weighted by molar-refractivity contribution is 7.09. The standard InChI is InChI=1S/C20H22N6OS/c1-15-24-18(13-28-15)12-26-8-7-25(11-17-3-2-6-23-20(17)26)19(27)5-4-16-9-21-14-22-10-16/h2-3,6,9-10,13-14H,4-5,7-8,11-12H2,1H3. The molecule has 3 aromatic heterocycles. The van der Waals surface area contributed by atoms with Gasteiger partial charge in [0.1, 0.15) is 12.1 Å². The summed E-state index contributed by atoms with van der Waals surface area (Å²) in [5.74, 6) is 1.09. The minimum Gasteiger partial charge on any atom is -0.349 e. The fourth-order valence-corrected chi connectivity index (χ4v) is 3.99. The Hall–Kier alpha value is -2.87. The van der Waals surface area contributed by atoms with Gasteiger partial charge in [-0.2, -0.15) is 0 Å². The molecule has 0 aliphatic carbocycles. The van der Waals surface area contributed by atoms with Crippen LogP contribution in [0.3, 0.4) is 0 Å². The van der Waals surface area contributed by atoms with Gasteiger partial charge in [-0.1, -0.05) is 6.07 Å². The first-order valence-corrected chi connectivity index (χ1v) is 10.2. The van der Waals surface area contributed by atoms with Gasteiger partial charge in [0, 0.05) is 55.6 Å². The second kappa shape index (κ2) is 8.43. The van der Waals surface area contributed by atoms with E-state index >= 15 is 0 Å². The molecule has 0 unspecified atom stereocenters. The van der Waals surface area contributed by atoms with Gasteiger partial charge in [0.15, 0.2) is 0 Å². The van der Waals surface area contributed by atoms with Crippen molar-refractivity contribution in [3.05, 3.63) is 64.3 Å². The van der Waals surface area contributed by atoms with E-state index in [9.17, 15) is 4.79 Å². The fourth-order valence-electron chi connectivity index (χ4n) is 3.38. The van der Waals surface area contributed by atoms with E-state index in [1.165, 1.54) is 6.33 Å². The monoisotopic (exact) mass is 394 g/mol. The van der Waals surface area contributed by atoms with Crippen LogP contribution in [-0.4, -0.2) is 43.8 Å².